The van der Waals surface area contributed by atoms with Crippen LogP contribution in [0.3, 0.4) is 0 Å². The molecule has 5 nitrogen and oxygen atoms in total. The van der Waals surface area contributed by atoms with Gasteiger partial charge in [-0.25, -0.2) is 8.91 Å². The molecule has 3 aromatic rings. The second-order valence-electron chi connectivity index (χ2n) is 5.44. The van der Waals surface area contributed by atoms with Gasteiger partial charge in [0.15, 0.2) is 11.6 Å². The van der Waals surface area contributed by atoms with Gasteiger partial charge < -0.3 is 10.1 Å². The maximum absolute atomic E-state index is 15.1. The largest absolute Gasteiger partial charge is 0.373 e. The van der Waals surface area contributed by atoms with Gasteiger partial charge in [0.05, 0.1) is 18.2 Å². The van der Waals surface area contributed by atoms with Crippen molar-refractivity contribution in [1.82, 2.24) is 14.6 Å². The van der Waals surface area contributed by atoms with Gasteiger partial charge in [-0.1, -0.05) is 17.7 Å². The zero-order valence-corrected chi connectivity index (χ0v) is 14.8. The van der Waals surface area contributed by atoms with E-state index in [4.69, 9.17) is 27.9 Å². The van der Waals surface area contributed by atoms with Crippen molar-refractivity contribution in [3.63, 3.8) is 0 Å². The molecule has 1 fully saturated rings. The smallest absolute Gasteiger partial charge is 0.243 e. The van der Waals surface area contributed by atoms with E-state index in [2.05, 4.69) is 15.4 Å². The maximum Gasteiger partial charge on any atom is 0.243 e. The molecule has 0 amide bonds. The van der Waals surface area contributed by atoms with E-state index in [0.29, 0.717) is 24.5 Å². The first-order valence-corrected chi connectivity index (χ1v) is 9.09. The van der Waals surface area contributed by atoms with Gasteiger partial charge in [0.1, 0.15) is 10.7 Å². The quantitative estimate of drug-likeness (QED) is 0.705. The van der Waals surface area contributed by atoms with E-state index in [-0.39, 0.29) is 22.1 Å². The van der Waals surface area contributed by atoms with Crippen molar-refractivity contribution in [3.05, 3.63) is 44.2 Å². The van der Waals surface area contributed by atoms with Gasteiger partial charge in [-0.15, -0.1) is 16.4 Å². The van der Waals surface area contributed by atoms with Crippen molar-refractivity contribution in [2.45, 2.75) is 25.5 Å². The lowest BCUT2D eigenvalue weighted by Crippen LogP contribution is -2.05. The molecule has 1 aliphatic heterocycles. The summed E-state index contributed by atoms with van der Waals surface area (Å²) in [6.07, 6.45) is 1.25. The minimum atomic E-state index is -0.461. The number of anilines is 1. The van der Waals surface area contributed by atoms with Crippen LogP contribution >= 0.6 is 34.5 Å². The minimum Gasteiger partial charge on any atom is -0.373 e. The highest BCUT2D eigenvalue weighted by atomic mass is 35.5. The summed E-state index contributed by atoms with van der Waals surface area (Å²) in [6, 6.07) is 3.94. The fraction of sp³-hybridized carbons (Fsp3) is 0.333. The molecule has 0 radical (unpaired) electrons. The molecule has 0 spiro atoms. The Morgan fingerprint density at radius 1 is 1.46 bits per heavy atom. The summed E-state index contributed by atoms with van der Waals surface area (Å²) in [5, 5.41) is 9.30. The van der Waals surface area contributed by atoms with Crippen molar-refractivity contribution in [1.29, 1.82) is 0 Å². The van der Waals surface area contributed by atoms with Crippen LogP contribution in [0.25, 0.3) is 5.52 Å². The summed E-state index contributed by atoms with van der Waals surface area (Å²) in [5.41, 5.74) is 0.511. The average molecular weight is 387 g/mol. The summed E-state index contributed by atoms with van der Waals surface area (Å²) in [4.78, 5) is 5.23. The summed E-state index contributed by atoms with van der Waals surface area (Å²) in [5.74, 6) is -0.149. The molecule has 3 aromatic heterocycles. The molecule has 4 rings (SSSR count). The Morgan fingerprint density at radius 3 is 3.04 bits per heavy atom. The first-order valence-electron chi connectivity index (χ1n) is 7.46. The molecule has 1 N–H and O–H groups in total. The third-order valence-electron chi connectivity index (χ3n) is 3.94. The Morgan fingerprint density at radius 2 is 2.33 bits per heavy atom. The zero-order chi connectivity index (χ0) is 16.7. The van der Waals surface area contributed by atoms with Crippen LogP contribution in [0, 0.1) is 5.82 Å². The van der Waals surface area contributed by atoms with E-state index in [1.54, 1.807) is 11.3 Å². The molecule has 9 heteroatoms. The van der Waals surface area contributed by atoms with Crippen molar-refractivity contribution < 1.29 is 9.13 Å². The molecule has 0 saturated carbocycles. The summed E-state index contributed by atoms with van der Waals surface area (Å²) in [7, 11) is 0. The van der Waals surface area contributed by atoms with Crippen LogP contribution in [0.4, 0.5) is 10.2 Å². The molecule has 1 saturated heterocycles. The van der Waals surface area contributed by atoms with Crippen molar-refractivity contribution in [2.24, 2.45) is 0 Å². The lowest BCUT2D eigenvalue weighted by atomic mass is 10.1. The van der Waals surface area contributed by atoms with Crippen LogP contribution in [0.5, 0.6) is 0 Å². The number of nitrogens with zero attached hydrogens (tertiary/aromatic N) is 3. The highest BCUT2D eigenvalue weighted by molar-refractivity contribution is 7.09. The monoisotopic (exact) mass is 386 g/mol. The number of halogens is 3. The molecular formula is C15H13Cl2FN4OS. The second-order valence-corrected chi connectivity index (χ2v) is 7.17. The Bertz CT molecular complexity index is 878. The van der Waals surface area contributed by atoms with Gasteiger partial charge in [0.25, 0.3) is 0 Å². The fourth-order valence-corrected chi connectivity index (χ4v) is 3.99. The highest BCUT2D eigenvalue weighted by Gasteiger charge is 2.30. The molecule has 1 unspecified atom stereocenters. The molecule has 0 bridgehead atoms. The first kappa shape index (κ1) is 16.1. The van der Waals surface area contributed by atoms with Gasteiger partial charge in [-0.05, 0) is 35.9 Å². The third-order valence-corrected chi connectivity index (χ3v) is 5.34. The normalized spacial score (nSPS) is 17.7. The minimum absolute atomic E-state index is 0.00744. The zero-order valence-electron chi connectivity index (χ0n) is 12.4. The van der Waals surface area contributed by atoms with Crippen molar-refractivity contribution in [3.8, 4) is 0 Å². The van der Waals surface area contributed by atoms with Crippen LogP contribution in [-0.4, -0.2) is 21.2 Å². The first-order chi connectivity index (χ1) is 11.6. The molecule has 1 atom stereocenters. The van der Waals surface area contributed by atoms with Crippen LogP contribution in [0.1, 0.15) is 29.4 Å². The van der Waals surface area contributed by atoms with Gasteiger partial charge in [0, 0.05) is 11.5 Å². The topological polar surface area (TPSA) is 51.5 Å². The molecule has 4 heterocycles. The number of hydrogen-bond donors (Lipinski definition) is 1. The molecule has 126 valence electrons. The average Bonchev–Trinajstić information content (AvgIpc) is 3.28. The van der Waals surface area contributed by atoms with E-state index in [9.17, 15) is 0 Å². The van der Waals surface area contributed by atoms with Crippen molar-refractivity contribution in [2.75, 3.05) is 11.9 Å². The summed E-state index contributed by atoms with van der Waals surface area (Å²) >= 11 is 13.9. The number of nitrogens with one attached hydrogen (secondary N) is 1. The highest BCUT2D eigenvalue weighted by Crippen LogP contribution is 2.39. The van der Waals surface area contributed by atoms with E-state index in [1.807, 2.05) is 17.5 Å². The predicted molar refractivity (Wildman–Crippen MR) is 92.5 cm³/mol. The van der Waals surface area contributed by atoms with Gasteiger partial charge in [-0.3, -0.25) is 0 Å². The number of thiophene rings is 1. The molecular weight excluding hydrogens is 374 g/mol. The van der Waals surface area contributed by atoms with Crippen molar-refractivity contribution >= 4 is 45.9 Å². The Kier molecular flexibility index (Phi) is 4.34. The molecule has 1 aliphatic rings. The van der Waals surface area contributed by atoms with E-state index >= 15 is 4.39 Å². The van der Waals surface area contributed by atoms with E-state index in [0.717, 1.165) is 17.7 Å². The standard InChI is InChI=1S/C15H13Cl2FN4OS/c16-13-10(9-4-1-5-23-9)11(18)12-14(20-15(17)21-22(12)13)19-7-8-3-2-6-24-8/h2-3,6,9H,1,4-5,7H2,(H,19,20,21). The molecule has 0 aromatic carbocycles. The number of hydrogen-bond acceptors (Lipinski definition) is 5. The fourth-order valence-electron chi connectivity index (χ4n) is 2.86. The summed E-state index contributed by atoms with van der Waals surface area (Å²) < 4.78 is 21.9. The third kappa shape index (κ3) is 2.75. The molecule has 24 heavy (non-hydrogen) atoms. The van der Waals surface area contributed by atoms with Crippen LogP contribution in [0.2, 0.25) is 10.4 Å². The van der Waals surface area contributed by atoms with E-state index < -0.39 is 5.82 Å². The van der Waals surface area contributed by atoms with Crippen LogP contribution in [-0.2, 0) is 11.3 Å². The van der Waals surface area contributed by atoms with Gasteiger partial charge in [-0.2, -0.15) is 4.98 Å². The maximum atomic E-state index is 15.1. The van der Waals surface area contributed by atoms with Gasteiger partial charge in [0.2, 0.25) is 5.28 Å². The molecule has 0 aliphatic carbocycles. The van der Waals surface area contributed by atoms with Crippen LogP contribution < -0.4 is 5.32 Å². The SMILES string of the molecule is Fc1c(C2CCCO2)c(Cl)n2nc(Cl)nc(NCc3cccs3)c12. The Hall–Kier alpha value is -1.41. The summed E-state index contributed by atoms with van der Waals surface area (Å²) in [6.45, 7) is 1.11. The number of rotatable bonds is 4. The lowest BCUT2D eigenvalue weighted by Gasteiger charge is -2.07. The Balaban J connectivity index is 1.79. The van der Waals surface area contributed by atoms with E-state index in [1.165, 1.54) is 4.52 Å². The second kappa shape index (κ2) is 6.48. The number of fused-ring (bicyclic) bond motifs is 1. The number of aromatic nitrogens is 3. The predicted octanol–water partition coefficient (Wildman–Crippen LogP) is 4.70. The lowest BCUT2D eigenvalue weighted by molar-refractivity contribution is 0.109. The van der Waals surface area contributed by atoms with Gasteiger partial charge >= 0.3 is 0 Å². The number of ether oxygens (including phenoxy) is 1. The van der Waals surface area contributed by atoms with Crippen LogP contribution in [0.15, 0.2) is 17.5 Å². The Labute approximate surface area is 151 Å².